The van der Waals surface area contributed by atoms with Gasteiger partial charge in [0.1, 0.15) is 0 Å². The van der Waals surface area contributed by atoms with Gasteiger partial charge < -0.3 is 9.47 Å². The lowest BCUT2D eigenvalue weighted by molar-refractivity contribution is -0.150. The molecule has 0 saturated carbocycles. The maximum atomic E-state index is 11.3. The van der Waals surface area contributed by atoms with Gasteiger partial charge in [0.15, 0.2) is 0 Å². The van der Waals surface area contributed by atoms with Crippen molar-refractivity contribution >= 4 is 11.9 Å². The maximum absolute atomic E-state index is 11.3. The largest absolute Gasteiger partial charge is 0.469 e. The van der Waals surface area contributed by atoms with Gasteiger partial charge in [0.25, 0.3) is 0 Å². The minimum absolute atomic E-state index is 0.112. The number of hydrogen-bond acceptors (Lipinski definition) is 5. The Labute approximate surface area is 96.7 Å². The van der Waals surface area contributed by atoms with Gasteiger partial charge in [-0.3, -0.25) is 14.5 Å². The molecule has 0 amide bonds. The predicted octanol–water partition coefficient (Wildman–Crippen LogP) is 0.679. The molecule has 1 unspecified atom stereocenters. The SMILES string of the molecule is COC(=O)C(C)CN(C)CC(=O)OC(C)C. The van der Waals surface area contributed by atoms with Crippen molar-refractivity contribution < 1.29 is 19.1 Å². The highest BCUT2D eigenvalue weighted by molar-refractivity contribution is 5.73. The van der Waals surface area contributed by atoms with Crippen molar-refractivity contribution in [1.82, 2.24) is 4.90 Å². The molecule has 0 bridgehead atoms. The Morgan fingerprint density at radius 3 is 2.25 bits per heavy atom. The average Bonchev–Trinajstić information content (AvgIpc) is 2.14. The summed E-state index contributed by atoms with van der Waals surface area (Å²) in [5.74, 6) is -0.805. The molecule has 0 aliphatic heterocycles. The predicted molar refractivity (Wildman–Crippen MR) is 59.9 cm³/mol. The van der Waals surface area contributed by atoms with Crippen LogP contribution >= 0.6 is 0 Å². The number of carbonyl (C=O) groups is 2. The Kier molecular flexibility index (Phi) is 6.72. The van der Waals surface area contributed by atoms with E-state index >= 15 is 0 Å². The van der Waals surface area contributed by atoms with Gasteiger partial charge in [-0.2, -0.15) is 0 Å². The van der Waals surface area contributed by atoms with Gasteiger partial charge in [-0.1, -0.05) is 6.92 Å². The fraction of sp³-hybridized carbons (Fsp3) is 0.818. The number of esters is 2. The molecular formula is C11H21NO4. The van der Waals surface area contributed by atoms with E-state index in [0.717, 1.165) is 0 Å². The molecule has 0 N–H and O–H groups in total. The Hall–Kier alpha value is -1.10. The van der Waals surface area contributed by atoms with Crippen LogP contribution in [0.5, 0.6) is 0 Å². The molecule has 0 saturated heterocycles. The third-order valence-electron chi connectivity index (χ3n) is 1.96. The normalized spacial score (nSPS) is 12.7. The molecule has 1 atom stereocenters. The molecule has 16 heavy (non-hydrogen) atoms. The molecule has 0 fully saturated rings. The third kappa shape index (κ3) is 6.40. The van der Waals surface area contributed by atoms with Gasteiger partial charge in [-0.25, -0.2) is 0 Å². The van der Waals surface area contributed by atoms with E-state index in [0.29, 0.717) is 6.54 Å². The first-order valence-corrected chi connectivity index (χ1v) is 5.32. The van der Waals surface area contributed by atoms with Crippen LogP contribution in [0.15, 0.2) is 0 Å². The van der Waals surface area contributed by atoms with Crippen LogP contribution < -0.4 is 0 Å². The zero-order chi connectivity index (χ0) is 12.7. The second kappa shape index (κ2) is 7.22. The standard InChI is InChI=1S/C11H21NO4/c1-8(2)16-10(13)7-12(4)6-9(3)11(14)15-5/h8-9H,6-7H2,1-5H3. The lowest BCUT2D eigenvalue weighted by atomic mass is 10.2. The number of rotatable bonds is 6. The van der Waals surface area contributed by atoms with Crippen LogP contribution in [0, 0.1) is 5.92 Å². The quantitative estimate of drug-likeness (QED) is 0.629. The van der Waals surface area contributed by atoms with Crippen molar-refractivity contribution in [3.05, 3.63) is 0 Å². The highest BCUT2D eigenvalue weighted by atomic mass is 16.5. The molecule has 0 rings (SSSR count). The number of likely N-dealkylation sites (N-methyl/N-ethyl adjacent to an activating group) is 1. The van der Waals surface area contributed by atoms with E-state index in [1.165, 1.54) is 7.11 Å². The summed E-state index contributed by atoms with van der Waals surface area (Å²) in [6, 6.07) is 0. The number of hydrogen-bond donors (Lipinski definition) is 0. The van der Waals surface area contributed by atoms with Gasteiger partial charge in [0, 0.05) is 6.54 Å². The van der Waals surface area contributed by atoms with Gasteiger partial charge in [0.2, 0.25) is 0 Å². The molecule has 94 valence electrons. The fourth-order valence-electron chi connectivity index (χ4n) is 1.33. The van der Waals surface area contributed by atoms with Crippen LogP contribution in [0.2, 0.25) is 0 Å². The van der Waals surface area contributed by atoms with E-state index in [2.05, 4.69) is 4.74 Å². The molecule has 0 aromatic rings. The van der Waals surface area contributed by atoms with E-state index in [1.807, 2.05) is 0 Å². The van der Waals surface area contributed by atoms with E-state index in [4.69, 9.17) is 4.74 Å². The topological polar surface area (TPSA) is 55.8 Å². The van der Waals surface area contributed by atoms with Gasteiger partial charge >= 0.3 is 11.9 Å². The summed E-state index contributed by atoms with van der Waals surface area (Å²) in [6.07, 6.45) is -0.112. The molecule has 0 radical (unpaired) electrons. The van der Waals surface area contributed by atoms with Gasteiger partial charge in [0.05, 0.1) is 25.7 Å². The van der Waals surface area contributed by atoms with Crippen LogP contribution in [0.1, 0.15) is 20.8 Å². The second-order valence-corrected chi connectivity index (χ2v) is 4.16. The molecule has 0 aliphatic carbocycles. The number of methoxy groups -OCH3 is 1. The zero-order valence-electron chi connectivity index (χ0n) is 10.6. The molecular weight excluding hydrogens is 210 g/mol. The van der Waals surface area contributed by atoms with Crippen LogP contribution in [-0.2, 0) is 19.1 Å². The molecule has 5 nitrogen and oxygen atoms in total. The van der Waals surface area contributed by atoms with Crippen LogP contribution in [0.3, 0.4) is 0 Å². The summed E-state index contributed by atoms with van der Waals surface area (Å²) in [6.45, 7) is 6.01. The molecule has 0 aromatic heterocycles. The Morgan fingerprint density at radius 2 is 1.81 bits per heavy atom. The summed E-state index contributed by atoms with van der Waals surface area (Å²) in [5.41, 5.74) is 0. The first kappa shape index (κ1) is 14.9. The third-order valence-corrected chi connectivity index (χ3v) is 1.96. The van der Waals surface area contributed by atoms with Crippen molar-refractivity contribution in [3.8, 4) is 0 Å². The zero-order valence-corrected chi connectivity index (χ0v) is 10.6. The van der Waals surface area contributed by atoms with Crippen molar-refractivity contribution in [2.24, 2.45) is 5.92 Å². The first-order valence-electron chi connectivity index (χ1n) is 5.32. The molecule has 0 spiro atoms. The van der Waals surface area contributed by atoms with Crippen LogP contribution in [0.25, 0.3) is 0 Å². The summed E-state index contributed by atoms with van der Waals surface area (Å²) in [4.78, 5) is 24.2. The summed E-state index contributed by atoms with van der Waals surface area (Å²) in [5, 5.41) is 0. The van der Waals surface area contributed by atoms with Crippen molar-refractivity contribution in [1.29, 1.82) is 0 Å². The van der Waals surface area contributed by atoms with E-state index in [1.54, 1.807) is 32.7 Å². The molecule has 0 heterocycles. The van der Waals surface area contributed by atoms with Gasteiger partial charge in [-0.15, -0.1) is 0 Å². The molecule has 0 aromatic carbocycles. The van der Waals surface area contributed by atoms with Crippen molar-refractivity contribution in [2.75, 3.05) is 27.2 Å². The van der Waals surface area contributed by atoms with E-state index in [-0.39, 0.29) is 30.5 Å². The van der Waals surface area contributed by atoms with E-state index < -0.39 is 0 Å². The Morgan fingerprint density at radius 1 is 1.25 bits per heavy atom. The van der Waals surface area contributed by atoms with E-state index in [9.17, 15) is 9.59 Å². The first-order chi connectivity index (χ1) is 7.36. The monoisotopic (exact) mass is 231 g/mol. The Balaban J connectivity index is 3.94. The summed E-state index contributed by atoms with van der Waals surface area (Å²) < 4.78 is 9.59. The number of carbonyl (C=O) groups excluding carboxylic acids is 2. The summed E-state index contributed by atoms with van der Waals surface area (Å²) in [7, 11) is 3.12. The van der Waals surface area contributed by atoms with Crippen molar-refractivity contribution in [3.63, 3.8) is 0 Å². The second-order valence-electron chi connectivity index (χ2n) is 4.16. The van der Waals surface area contributed by atoms with Crippen molar-refractivity contribution in [2.45, 2.75) is 26.9 Å². The fourth-order valence-corrected chi connectivity index (χ4v) is 1.33. The number of nitrogens with zero attached hydrogens (tertiary/aromatic N) is 1. The minimum Gasteiger partial charge on any atom is -0.469 e. The van der Waals surface area contributed by atoms with Crippen LogP contribution in [-0.4, -0.2) is 50.2 Å². The summed E-state index contributed by atoms with van der Waals surface area (Å²) >= 11 is 0. The Bertz CT molecular complexity index is 240. The van der Waals surface area contributed by atoms with Gasteiger partial charge in [-0.05, 0) is 20.9 Å². The smallest absolute Gasteiger partial charge is 0.320 e. The molecule has 0 aliphatic rings. The average molecular weight is 231 g/mol. The highest BCUT2D eigenvalue weighted by Crippen LogP contribution is 2.01. The minimum atomic E-state index is -0.283. The highest BCUT2D eigenvalue weighted by Gasteiger charge is 2.17. The lowest BCUT2D eigenvalue weighted by Crippen LogP contribution is -2.34. The number of ether oxygens (including phenoxy) is 2. The lowest BCUT2D eigenvalue weighted by Gasteiger charge is -2.19. The maximum Gasteiger partial charge on any atom is 0.320 e. The molecule has 5 heteroatoms. The van der Waals surface area contributed by atoms with Crippen LogP contribution in [0.4, 0.5) is 0 Å².